The maximum Gasteiger partial charge on any atom is 0.244 e. The zero-order valence-corrected chi connectivity index (χ0v) is 13.5. The minimum absolute atomic E-state index is 0.0644. The van der Waals surface area contributed by atoms with Crippen LogP contribution in [0.5, 0.6) is 0 Å². The molecule has 0 radical (unpaired) electrons. The lowest BCUT2D eigenvalue weighted by atomic mass is 9.98. The molecule has 0 spiro atoms. The van der Waals surface area contributed by atoms with Crippen LogP contribution in [0.4, 0.5) is 0 Å². The van der Waals surface area contributed by atoms with Crippen LogP contribution in [-0.4, -0.2) is 45.8 Å². The molecule has 20 heavy (non-hydrogen) atoms. The highest BCUT2D eigenvalue weighted by Crippen LogP contribution is 2.34. The number of nitrogens with one attached hydrogen (secondary N) is 1. The van der Waals surface area contributed by atoms with Crippen molar-refractivity contribution in [1.82, 2.24) is 20.0 Å². The van der Waals surface area contributed by atoms with Gasteiger partial charge < -0.3 is 10.2 Å². The van der Waals surface area contributed by atoms with Crippen LogP contribution in [-0.2, 0) is 4.79 Å². The molecule has 0 aromatic carbocycles. The Balaban J connectivity index is 1.59. The van der Waals surface area contributed by atoms with Crippen molar-refractivity contribution in [3.05, 3.63) is 16.9 Å². The lowest BCUT2D eigenvalue weighted by molar-refractivity contribution is -0.125. The number of halogens is 1. The van der Waals surface area contributed by atoms with Crippen molar-refractivity contribution in [2.45, 2.75) is 56.8 Å². The molecule has 3 unspecified atom stereocenters. The van der Waals surface area contributed by atoms with Crippen molar-refractivity contribution in [2.24, 2.45) is 0 Å². The largest absolute Gasteiger partial charge is 0.351 e. The third-order valence-electron chi connectivity index (χ3n) is 4.79. The predicted octanol–water partition coefficient (Wildman–Crippen LogP) is 1.95. The SMILES string of the molecule is CC(C(=O)NC1CC2CCC(C1)N2C)n1cc(Br)cn1. The highest BCUT2D eigenvalue weighted by Gasteiger charge is 2.39. The highest BCUT2D eigenvalue weighted by molar-refractivity contribution is 9.10. The molecule has 2 aliphatic rings. The number of hydrogen-bond donors (Lipinski definition) is 1. The summed E-state index contributed by atoms with van der Waals surface area (Å²) < 4.78 is 2.60. The van der Waals surface area contributed by atoms with Gasteiger partial charge in [-0.05, 0) is 55.6 Å². The van der Waals surface area contributed by atoms with E-state index in [4.69, 9.17) is 0 Å². The Morgan fingerprint density at radius 2 is 2.10 bits per heavy atom. The average Bonchev–Trinajstić information content (AvgIpc) is 2.91. The summed E-state index contributed by atoms with van der Waals surface area (Å²) in [5.74, 6) is 0.0644. The molecule has 2 bridgehead atoms. The summed E-state index contributed by atoms with van der Waals surface area (Å²) in [4.78, 5) is 14.8. The van der Waals surface area contributed by atoms with E-state index in [2.05, 4.69) is 38.3 Å². The van der Waals surface area contributed by atoms with Crippen LogP contribution in [0.15, 0.2) is 16.9 Å². The Morgan fingerprint density at radius 1 is 1.45 bits per heavy atom. The molecule has 3 atom stereocenters. The van der Waals surface area contributed by atoms with Crippen molar-refractivity contribution < 1.29 is 4.79 Å². The van der Waals surface area contributed by atoms with Crippen molar-refractivity contribution >= 4 is 21.8 Å². The van der Waals surface area contributed by atoms with E-state index in [9.17, 15) is 4.79 Å². The number of fused-ring (bicyclic) bond motifs is 2. The van der Waals surface area contributed by atoms with Gasteiger partial charge in [-0.15, -0.1) is 0 Å². The second-order valence-corrected chi connectivity index (χ2v) is 6.96. The molecule has 1 N–H and O–H groups in total. The Hall–Kier alpha value is -0.880. The van der Waals surface area contributed by atoms with Gasteiger partial charge in [0, 0.05) is 24.3 Å². The first-order valence-electron chi connectivity index (χ1n) is 7.26. The van der Waals surface area contributed by atoms with Gasteiger partial charge in [0.25, 0.3) is 0 Å². The van der Waals surface area contributed by atoms with Gasteiger partial charge >= 0.3 is 0 Å². The van der Waals surface area contributed by atoms with Crippen LogP contribution in [0.2, 0.25) is 0 Å². The molecule has 6 heteroatoms. The number of rotatable bonds is 3. The number of nitrogens with zero attached hydrogens (tertiary/aromatic N) is 3. The van der Waals surface area contributed by atoms with Gasteiger partial charge in [0.2, 0.25) is 5.91 Å². The van der Waals surface area contributed by atoms with Crippen molar-refractivity contribution in [2.75, 3.05) is 7.05 Å². The Kier molecular flexibility index (Phi) is 3.86. The van der Waals surface area contributed by atoms with Gasteiger partial charge in [0.1, 0.15) is 6.04 Å². The first-order chi connectivity index (χ1) is 9.54. The predicted molar refractivity (Wildman–Crippen MR) is 80.4 cm³/mol. The first-order valence-corrected chi connectivity index (χ1v) is 8.06. The number of amides is 1. The Labute approximate surface area is 127 Å². The summed E-state index contributed by atoms with van der Waals surface area (Å²) >= 11 is 3.36. The normalized spacial score (nSPS) is 31.2. The quantitative estimate of drug-likeness (QED) is 0.914. The fraction of sp³-hybridized carbons (Fsp3) is 0.714. The molecule has 2 aliphatic heterocycles. The van der Waals surface area contributed by atoms with Crippen LogP contribution in [0.25, 0.3) is 0 Å². The Morgan fingerprint density at radius 3 is 2.65 bits per heavy atom. The summed E-state index contributed by atoms with van der Waals surface area (Å²) in [5, 5.41) is 7.39. The van der Waals surface area contributed by atoms with E-state index < -0.39 is 0 Å². The third-order valence-corrected chi connectivity index (χ3v) is 5.20. The number of piperidine rings is 1. The van der Waals surface area contributed by atoms with Crippen LogP contribution in [0.1, 0.15) is 38.6 Å². The van der Waals surface area contributed by atoms with E-state index in [-0.39, 0.29) is 11.9 Å². The highest BCUT2D eigenvalue weighted by atomic mass is 79.9. The summed E-state index contributed by atoms with van der Waals surface area (Å²) in [6.07, 6.45) is 8.25. The molecule has 5 nitrogen and oxygen atoms in total. The molecule has 2 saturated heterocycles. The molecule has 0 saturated carbocycles. The molecule has 110 valence electrons. The van der Waals surface area contributed by atoms with Crippen molar-refractivity contribution in [3.8, 4) is 0 Å². The fourth-order valence-corrected chi connectivity index (χ4v) is 3.80. The van der Waals surface area contributed by atoms with Crippen LogP contribution in [0, 0.1) is 0 Å². The fourth-order valence-electron chi connectivity index (χ4n) is 3.50. The van der Waals surface area contributed by atoms with Gasteiger partial charge in [-0.25, -0.2) is 0 Å². The monoisotopic (exact) mass is 340 g/mol. The van der Waals surface area contributed by atoms with E-state index in [0.29, 0.717) is 18.1 Å². The molecule has 1 aromatic rings. The van der Waals surface area contributed by atoms with Crippen LogP contribution >= 0.6 is 15.9 Å². The molecule has 1 aromatic heterocycles. The van der Waals surface area contributed by atoms with E-state index in [1.54, 1.807) is 10.9 Å². The van der Waals surface area contributed by atoms with Gasteiger partial charge in [-0.3, -0.25) is 9.48 Å². The second kappa shape index (κ2) is 5.48. The number of aromatic nitrogens is 2. The summed E-state index contributed by atoms with van der Waals surface area (Å²) in [6, 6.07) is 1.35. The minimum Gasteiger partial charge on any atom is -0.351 e. The number of carbonyl (C=O) groups is 1. The summed E-state index contributed by atoms with van der Waals surface area (Å²) in [7, 11) is 2.21. The number of hydrogen-bond acceptors (Lipinski definition) is 3. The summed E-state index contributed by atoms with van der Waals surface area (Å²) in [5.41, 5.74) is 0. The molecule has 0 aliphatic carbocycles. The zero-order valence-electron chi connectivity index (χ0n) is 11.9. The molecular formula is C14H21BrN4O. The number of carbonyl (C=O) groups excluding carboxylic acids is 1. The minimum atomic E-state index is -0.265. The average molecular weight is 341 g/mol. The van der Waals surface area contributed by atoms with Gasteiger partial charge in [0.05, 0.1) is 10.7 Å². The maximum absolute atomic E-state index is 12.3. The van der Waals surface area contributed by atoms with Crippen molar-refractivity contribution in [3.63, 3.8) is 0 Å². The molecular weight excluding hydrogens is 320 g/mol. The van der Waals surface area contributed by atoms with E-state index in [0.717, 1.165) is 17.3 Å². The molecule has 3 rings (SSSR count). The Bertz CT molecular complexity index is 489. The van der Waals surface area contributed by atoms with Crippen LogP contribution < -0.4 is 5.32 Å². The lowest BCUT2D eigenvalue weighted by Gasteiger charge is -2.36. The van der Waals surface area contributed by atoms with E-state index in [1.807, 2.05) is 13.1 Å². The van der Waals surface area contributed by atoms with Gasteiger partial charge in [-0.2, -0.15) is 5.10 Å². The van der Waals surface area contributed by atoms with E-state index >= 15 is 0 Å². The topological polar surface area (TPSA) is 50.2 Å². The third kappa shape index (κ3) is 2.63. The zero-order chi connectivity index (χ0) is 14.3. The maximum atomic E-state index is 12.3. The molecule has 1 amide bonds. The summed E-state index contributed by atoms with van der Waals surface area (Å²) in [6.45, 7) is 1.89. The second-order valence-electron chi connectivity index (χ2n) is 6.04. The standard InChI is InChI=1S/C14H21BrN4O/c1-9(19-8-10(15)7-16-19)14(20)17-11-5-12-3-4-13(6-11)18(12)2/h7-9,11-13H,3-6H2,1-2H3,(H,17,20). The molecule has 2 fully saturated rings. The van der Waals surface area contributed by atoms with Gasteiger partial charge in [-0.1, -0.05) is 0 Å². The van der Waals surface area contributed by atoms with Crippen LogP contribution in [0.3, 0.4) is 0 Å². The van der Waals surface area contributed by atoms with Gasteiger partial charge in [0.15, 0.2) is 0 Å². The lowest BCUT2D eigenvalue weighted by Crippen LogP contribution is -2.49. The molecule has 3 heterocycles. The first kappa shape index (κ1) is 14.1. The van der Waals surface area contributed by atoms with Crippen molar-refractivity contribution in [1.29, 1.82) is 0 Å². The smallest absolute Gasteiger partial charge is 0.244 e. The van der Waals surface area contributed by atoms with E-state index in [1.165, 1.54) is 12.8 Å².